The van der Waals surface area contributed by atoms with Crippen LogP contribution in [-0.4, -0.2) is 79.1 Å². The first kappa shape index (κ1) is 16.8. The Balaban J connectivity index is 0.000000325. The normalized spacial score (nSPS) is 20.1. The van der Waals surface area contributed by atoms with E-state index in [4.69, 9.17) is 20.1 Å². The average molecular weight is 250 g/mol. The third-order valence-electron chi connectivity index (χ3n) is 2.41. The van der Waals surface area contributed by atoms with Crippen molar-refractivity contribution in [3.8, 4) is 0 Å². The molecule has 17 heavy (non-hydrogen) atoms. The topological polar surface area (TPSA) is 85.2 Å². The molecule has 1 fully saturated rings. The van der Waals surface area contributed by atoms with E-state index in [1.807, 2.05) is 0 Å². The average Bonchev–Trinajstić information content (AvgIpc) is 2.79. The van der Waals surface area contributed by atoms with Gasteiger partial charge in [-0.25, -0.2) is 0 Å². The molecule has 0 aromatic heterocycles. The number of aliphatic hydroxyl groups excluding tert-OH is 3. The zero-order valence-electron chi connectivity index (χ0n) is 10.6. The van der Waals surface area contributed by atoms with Gasteiger partial charge in [-0.15, -0.1) is 0 Å². The first-order chi connectivity index (χ1) is 8.29. The second-order valence-corrected chi connectivity index (χ2v) is 3.69. The van der Waals surface area contributed by atoms with E-state index < -0.39 is 0 Å². The van der Waals surface area contributed by atoms with Gasteiger partial charge >= 0.3 is 0 Å². The van der Waals surface area contributed by atoms with Crippen LogP contribution < -0.4 is 5.32 Å². The Labute approximate surface area is 103 Å². The van der Waals surface area contributed by atoms with Gasteiger partial charge in [-0.3, -0.25) is 4.90 Å². The molecule has 1 saturated heterocycles. The number of ether oxygens (including phenoxy) is 1. The van der Waals surface area contributed by atoms with Gasteiger partial charge in [-0.2, -0.15) is 0 Å². The monoisotopic (exact) mass is 250 g/mol. The molecule has 0 aromatic rings. The molecule has 0 amide bonds. The Morgan fingerprint density at radius 3 is 2.29 bits per heavy atom. The number of nitrogens with one attached hydrogen (secondary N) is 1. The van der Waals surface area contributed by atoms with Crippen LogP contribution in [0.25, 0.3) is 0 Å². The van der Waals surface area contributed by atoms with Crippen LogP contribution in [0.5, 0.6) is 0 Å². The SMILES string of the molecule is CCC1OCCN1CCO.OCCNCCO. The van der Waals surface area contributed by atoms with Crippen molar-refractivity contribution in [3.05, 3.63) is 0 Å². The zero-order valence-corrected chi connectivity index (χ0v) is 10.6. The second kappa shape index (κ2) is 12.2. The van der Waals surface area contributed by atoms with Crippen molar-refractivity contribution in [3.63, 3.8) is 0 Å². The largest absolute Gasteiger partial charge is 0.395 e. The molecular weight excluding hydrogens is 224 g/mol. The second-order valence-electron chi connectivity index (χ2n) is 3.69. The number of rotatable bonds is 7. The van der Waals surface area contributed by atoms with Gasteiger partial charge in [0.25, 0.3) is 0 Å². The number of hydrogen-bond acceptors (Lipinski definition) is 6. The van der Waals surface area contributed by atoms with Gasteiger partial charge in [-0.05, 0) is 6.42 Å². The van der Waals surface area contributed by atoms with Crippen LogP contribution in [0.3, 0.4) is 0 Å². The van der Waals surface area contributed by atoms with E-state index >= 15 is 0 Å². The lowest BCUT2D eigenvalue weighted by molar-refractivity contribution is 0.0241. The molecular formula is C11H26N2O4. The van der Waals surface area contributed by atoms with Crippen LogP contribution in [0.4, 0.5) is 0 Å². The van der Waals surface area contributed by atoms with Crippen LogP contribution in [-0.2, 0) is 4.74 Å². The Hall–Kier alpha value is -0.240. The van der Waals surface area contributed by atoms with Gasteiger partial charge in [0.05, 0.1) is 26.4 Å². The fourth-order valence-corrected chi connectivity index (χ4v) is 1.60. The van der Waals surface area contributed by atoms with Gasteiger partial charge in [0.15, 0.2) is 0 Å². The van der Waals surface area contributed by atoms with E-state index in [9.17, 15) is 0 Å². The summed E-state index contributed by atoms with van der Waals surface area (Å²) in [4.78, 5) is 2.17. The minimum atomic E-state index is 0.139. The molecule has 4 N–H and O–H groups in total. The minimum Gasteiger partial charge on any atom is -0.395 e. The summed E-state index contributed by atoms with van der Waals surface area (Å²) in [6.45, 7) is 6.29. The van der Waals surface area contributed by atoms with Gasteiger partial charge < -0.3 is 25.4 Å². The van der Waals surface area contributed by atoms with Crippen molar-refractivity contribution in [2.24, 2.45) is 0 Å². The summed E-state index contributed by atoms with van der Waals surface area (Å²) in [5, 5.41) is 27.7. The Morgan fingerprint density at radius 2 is 1.82 bits per heavy atom. The maximum atomic E-state index is 8.64. The van der Waals surface area contributed by atoms with Gasteiger partial charge in [-0.1, -0.05) is 6.92 Å². The molecule has 0 spiro atoms. The van der Waals surface area contributed by atoms with Crippen molar-refractivity contribution in [2.75, 3.05) is 52.6 Å². The van der Waals surface area contributed by atoms with Crippen molar-refractivity contribution in [1.82, 2.24) is 10.2 Å². The number of hydrogen-bond donors (Lipinski definition) is 4. The van der Waals surface area contributed by atoms with E-state index in [1.165, 1.54) is 0 Å². The predicted molar refractivity (Wildman–Crippen MR) is 65.7 cm³/mol. The highest BCUT2D eigenvalue weighted by Gasteiger charge is 2.22. The van der Waals surface area contributed by atoms with E-state index in [2.05, 4.69) is 17.1 Å². The molecule has 6 heteroatoms. The molecule has 0 bridgehead atoms. The molecule has 1 unspecified atom stereocenters. The van der Waals surface area contributed by atoms with Crippen LogP contribution in [0.1, 0.15) is 13.3 Å². The van der Waals surface area contributed by atoms with Gasteiger partial charge in [0.2, 0.25) is 0 Å². The molecule has 1 aliphatic heterocycles. The highest BCUT2D eigenvalue weighted by Crippen LogP contribution is 2.11. The molecule has 1 heterocycles. The van der Waals surface area contributed by atoms with Crippen molar-refractivity contribution in [2.45, 2.75) is 19.6 Å². The lowest BCUT2D eigenvalue weighted by Crippen LogP contribution is -2.32. The summed E-state index contributed by atoms with van der Waals surface area (Å²) < 4.78 is 5.38. The van der Waals surface area contributed by atoms with E-state index in [-0.39, 0.29) is 26.0 Å². The maximum Gasteiger partial charge on any atom is 0.110 e. The molecule has 0 aromatic carbocycles. The van der Waals surface area contributed by atoms with Crippen LogP contribution in [0.2, 0.25) is 0 Å². The third kappa shape index (κ3) is 8.48. The minimum absolute atomic E-state index is 0.139. The molecule has 6 nitrogen and oxygen atoms in total. The Kier molecular flexibility index (Phi) is 12.1. The maximum absolute atomic E-state index is 8.64. The number of aliphatic hydroxyl groups is 3. The highest BCUT2D eigenvalue weighted by atomic mass is 16.5. The lowest BCUT2D eigenvalue weighted by atomic mass is 10.4. The molecule has 104 valence electrons. The number of nitrogens with zero attached hydrogens (tertiary/aromatic N) is 1. The zero-order chi connectivity index (χ0) is 12.9. The Bertz CT molecular complexity index is 156. The molecule has 1 aliphatic rings. The quantitative estimate of drug-likeness (QED) is 0.416. The van der Waals surface area contributed by atoms with Crippen LogP contribution in [0, 0.1) is 0 Å². The summed E-state index contributed by atoms with van der Waals surface area (Å²) >= 11 is 0. The fourth-order valence-electron chi connectivity index (χ4n) is 1.60. The fraction of sp³-hybridized carbons (Fsp3) is 1.00. The standard InChI is InChI=1S/C7H15NO2.C4H11NO2/c1-2-7-8(3-5-9)4-6-10-7;6-3-1-5-2-4-7/h7,9H,2-6H2,1H3;5-7H,1-4H2. The van der Waals surface area contributed by atoms with Crippen molar-refractivity contribution >= 4 is 0 Å². The van der Waals surface area contributed by atoms with Crippen molar-refractivity contribution < 1.29 is 20.1 Å². The predicted octanol–water partition coefficient (Wildman–Crippen LogP) is -1.39. The van der Waals surface area contributed by atoms with Crippen molar-refractivity contribution in [1.29, 1.82) is 0 Å². The molecule has 0 radical (unpaired) electrons. The molecule has 1 rings (SSSR count). The molecule has 0 aliphatic carbocycles. The summed E-state index contributed by atoms with van der Waals surface area (Å²) in [6, 6.07) is 0. The van der Waals surface area contributed by atoms with E-state index in [0.717, 1.165) is 26.1 Å². The van der Waals surface area contributed by atoms with Gasteiger partial charge in [0, 0.05) is 26.2 Å². The molecule has 0 saturated carbocycles. The summed E-state index contributed by atoms with van der Waals surface area (Å²) in [7, 11) is 0. The van der Waals surface area contributed by atoms with E-state index in [0.29, 0.717) is 13.1 Å². The Morgan fingerprint density at radius 1 is 1.18 bits per heavy atom. The van der Waals surface area contributed by atoms with Crippen LogP contribution in [0.15, 0.2) is 0 Å². The lowest BCUT2D eigenvalue weighted by Gasteiger charge is -2.19. The molecule has 1 atom stereocenters. The first-order valence-electron chi connectivity index (χ1n) is 6.19. The summed E-state index contributed by atoms with van der Waals surface area (Å²) in [5.41, 5.74) is 0. The van der Waals surface area contributed by atoms with E-state index in [1.54, 1.807) is 0 Å². The van der Waals surface area contributed by atoms with Crippen LogP contribution >= 0.6 is 0 Å². The third-order valence-corrected chi connectivity index (χ3v) is 2.41. The van der Waals surface area contributed by atoms with Gasteiger partial charge in [0.1, 0.15) is 6.23 Å². The number of β-amino-alcohol motifs (C(OH)–C–C–N with tert-alkyl or cyclic N) is 1. The summed E-state index contributed by atoms with van der Waals surface area (Å²) in [6.07, 6.45) is 1.27. The first-order valence-corrected chi connectivity index (χ1v) is 6.19. The highest BCUT2D eigenvalue weighted by molar-refractivity contribution is 4.67. The summed E-state index contributed by atoms with van der Waals surface area (Å²) in [5.74, 6) is 0. The smallest absolute Gasteiger partial charge is 0.110 e.